The van der Waals surface area contributed by atoms with Gasteiger partial charge in [0, 0.05) is 17.6 Å². The van der Waals surface area contributed by atoms with Gasteiger partial charge < -0.3 is 20.7 Å². The molecule has 3 N–H and O–H groups in total. The number of rotatable bonds is 9. The maximum Gasteiger partial charge on any atom is 0.295 e. The summed E-state index contributed by atoms with van der Waals surface area (Å²) >= 11 is 6.93. The SMILES string of the molecule is COc1ccccc1NC(=S)Nc1cccc(SC(C(=O)Nc2c(C)n(C)n(-c3ccccc3)c2=O)c2ccccc2)c1. The lowest BCUT2D eigenvalue weighted by molar-refractivity contribution is -0.115. The smallest absolute Gasteiger partial charge is 0.295 e. The number of nitrogens with zero attached hydrogens (tertiary/aromatic N) is 2. The van der Waals surface area contributed by atoms with Crippen molar-refractivity contribution in [3.8, 4) is 11.4 Å². The number of aromatic nitrogens is 2. The van der Waals surface area contributed by atoms with Crippen LogP contribution in [-0.2, 0) is 11.8 Å². The van der Waals surface area contributed by atoms with Crippen molar-refractivity contribution in [2.45, 2.75) is 17.1 Å². The van der Waals surface area contributed by atoms with E-state index in [2.05, 4.69) is 16.0 Å². The Labute approximate surface area is 259 Å². The maximum atomic E-state index is 13.9. The highest BCUT2D eigenvalue weighted by atomic mass is 32.2. The van der Waals surface area contributed by atoms with Crippen molar-refractivity contribution in [1.82, 2.24) is 9.36 Å². The Morgan fingerprint density at radius 2 is 1.53 bits per heavy atom. The van der Waals surface area contributed by atoms with Gasteiger partial charge in [-0.25, -0.2) is 4.68 Å². The van der Waals surface area contributed by atoms with Crippen LogP contribution in [0.3, 0.4) is 0 Å². The maximum absolute atomic E-state index is 13.9. The van der Waals surface area contributed by atoms with Gasteiger partial charge in [-0.15, -0.1) is 11.8 Å². The third-order valence-electron chi connectivity index (χ3n) is 6.84. The molecule has 0 spiro atoms. The number of benzene rings is 4. The number of ether oxygens (including phenoxy) is 1. The van der Waals surface area contributed by atoms with Gasteiger partial charge in [0.2, 0.25) is 5.91 Å². The molecular weight excluding hydrogens is 579 g/mol. The summed E-state index contributed by atoms with van der Waals surface area (Å²) in [6, 6.07) is 34.0. The Bertz CT molecular complexity index is 1800. The highest BCUT2D eigenvalue weighted by molar-refractivity contribution is 8.00. The zero-order chi connectivity index (χ0) is 30.3. The zero-order valence-corrected chi connectivity index (χ0v) is 25.5. The minimum atomic E-state index is -0.626. The summed E-state index contributed by atoms with van der Waals surface area (Å²) in [5.41, 5.74) is 3.65. The molecular formula is C33H31N5O3S2. The first-order valence-corrected chi connectivity index (χ1v) is 14.8. The number of nitrogens with one attached hydrogen (secondary N) is 3. The molecule has 8 nitrogen and oxygen atoms in total. The Balaban J connectivity index is 1.37. The highest BCUT2D eigenvalue weighted by Gasteiger charge is 2.26. The molecule has 218 valence electrons. The second-order valence-electron chi connectivity index (χ2n) is 9.64. The van der Waals surface area contributed by atoms with E-state index in [4.69, 9.17) is 17.0 Å². The van der Waals surface area contributed by atoms with Crippen LogP contribution in [0.2, 0.25) is 0 Å². The Kier molecular flexibility index (Phi) is 9.29. The van der Waals surface area contributed by atoms with Crippen LogP contribution in [-0.4, -0.2) is 27.5 Å². The van der Waals surface area contributed by atoms with Gasteiger partial charge in [-0.1, -0.05) is 66.7 Å². The lowest BCUT2D eigenvalue weighted by Gasteiger charge is -2.18. The molecule has 5 aromatic rings. The zero-order valence-electron chi connectivity index (χ0n) is 23.9. The van der Waals surface area contributed by atoms with Gasteiger partial charge in [-0.2, -0.15) is 0 Å². The van der Waals surface area contributed by atoms with E-state index < -0.39 is 5.25 Å². The van der Waals surface area contributed by atoms with E-state index in [1.165, 1.54) is 11.8 Å². The summed E-state index contributed by atoms with van der Waals surface area (Å²) in [5.74, 6) is 0.380. The van der Waals surface area contributed by atoms with Crippen molar-refractivity contribution in [2.75, 3.05) is 23.1 Å². The standard InChI is InChI=1S/C33H31N5O3S2/c1-22-29(32(40)38(37(22)2)25-16-8-5-9-17-25)36-31(39)30(23-13-6-4-7-14-23)43-26-18-12-15-24(21-26)34-33(42)35-27-19-10-11-20-28(27)41-3/h4-21,30H,1-3H3,(H,36,39)(H2,34,35,42). The molecule has 5 rings (SSSR count). The molecule has 1 heterocycles. The number of hydrogen-bond acceptors (Lipinski definition) is 5. The van der Waals surface area contributed by atoms with Gasteiger partial charge in [0.05, 0.1) is 24.2 Å². The number of thioether (sulfide) groups is 1. The van der Waals surface area contributed by atoms with Gasteiger partial charge in [-0.3, -0.25) is 14.3 Å². The number of hydrogen-bond donors (Lipinski definition) is 3. The fraction of sp³-hybridized carbons (Fsp3) is 0.121. The molecule has 0 bridgehead atoms. The molecule has 43 heavy (non-hydrogen) atoms. The van der Waals surface area contributed by atoms with E-state index >= 15 is 0 Å². The number of anilines is 3. The molecule has 1 unspecified atom stereocenters. The van der Waals surface area contributed by atoms with Gasteiger partial charge in [0.1, 0.15) is 16.7 Å². The lowest BCUT2D eigenvalue weighted by Crippen LogP contribution is -2.25. The van der Waals surface area contributed by atoms with Gasteiger partial charge in [-0.05, 0) is 67.2 Å². The third-order valence-corrected chi connectivity index (χ3v) is 8.30. The summed E-state index contributed by atoms with van der Waals surface area (Å²) in [6.45, 7) is 1.82. The number of carbonyl (C=O) groups excluding carboxylic acids is 1. The molecule has 0 aliphatic rings. The van der Waals surface area contributed by atoms with Crippen LogP contribution in [0.25, 0.3) is 5.69 Å². The molecule has 0 aliphatic carbocycles. The van der Waals surface area contributed by atoms with Crippen LogP contribution in [0.15, 0.2) is 119 Å². The minimum Gasteiger partial charge on any atom is -0.495 e. The Morgan fingerprint density at radius 3 is 2.26 bits per heavy atom. The average molecular weight is 610 g/mol. The van der Waals surface area contributed by atoms with Crippen LogP contribution in [0.5, 0.6) is 5.75 Å². The summed E-state index contributed by atoms with van der Waals surface area (Å²) < 4.78 is 8.69. The summed E-state index contributed by atoms with van der Waals surface area (Å²) in [4.78, 5) is 28.2. The summed E-state index contributed by atoms with van der Waals surface area (Å²) in [7, 11) is 3.41. The van der Waals surface area contributed by atoms with Crippen molar-refractivity contribution >= 4 is 52.1 Å². The van der Waals surface area contributed by atoms with E-state index in [0.29, 0.717) is 16.6 Å². The minimum absolute atomic E-state index is 0.251. The van der Waals surface area contributed by atoms with Crippen molar-refractivity contribution < 1.29 is 9.53 Å². The van der Waals surface area contributed by atoms with Crippen molar-refractivity contribution in [3.63, 3.8) is 0 Å². The fourth-order valence-electron chi connectivity index (χ4n) is 4.62. The number of carbonyl (C=O) groups is 1. The monoisotopic (exact) mass is 609 g/mol. The molecule has 0 radical (unpaired) electrons. The molecule has 0 aliphatic heterocycles. The van der Waals surface area contributed by atoms with E-state index in [-0.39, 0.29) is 17.2 Å². The molecule has 1 amide bonds. The molecule has 1 aromatic heterocycles. The Hall–Kier alpha value is -4.80. The summed E-state index contributed by atoms with van der Waals surface area (Å²) in [5, 5.41) is 9.09. The average Bonchev–Trinajstić information content (AvgIpc) is 3.23. The van der Waals surface area contributed by atoms with Gasteiger partial charge in [0.15, 0.2) is 5.11 Å². The normalized spacial score (nSPS) is 11.4. The predicted molar refractivity (Wildman–Crippen MR) is 179 cm³/mol. The van der Waals surface area contributed by atoms with Crippen LogP contribution in [0.1, 0.15) is 16.5 Å². The topological polar surface area (TPSA) is 89.3 Å². The number of para-hydroxylation sites is 3. The van der Waals surface area contributed by atoms with Crippen LogP contribution in [0.4, 0.5) is 17.1 Å². The molecule has 0 saturated carbocycles. The van der Waals surface area contributed by atoms with Gasteiger partial charge in [0.25, 0.3) is 5.56 Å². The molecule has 1 atom stereocenters. The molecule has 4 aromatic carbocycles. The fourth-order valence-corrected chi connectivity index (χ4v) is 5.93. The van der Waals surface area contributed by atoms with Crippen molar-refractivity contribution in [2.24, 2.45) is 7.05 Å². The van der Waals surface area contributed by atoms with E-state index in [9.17, 15) is 9.59 Å². The first-order chi connectivity index (χ1) is 20.9. The third kappa shape index (κ3) is 6.82. The number of amides is 1. The predicted octanol–water partition coefficient (Wildman–Crippen LogP) is 6.77. The molecule has 10 heteroatoms. The second kappa shape index (κ2) is 13.5. The van der Waals surface area contributed by atoms with Crippen LogP contribution >= 0.6 is 24.0 Å². The van der Waals surface area contributed by atoms with Crippen LogP contribution in [0, 0.1) is 6.92 Å². The lowest BCUT2D eigenvalue weighted by atomic mass is 10.1. The number of thiocarbonyl (C=S) groups is 1. The van der Waals surface area contributed by atoms with Gasteiger partial charge >= 0.3 is 0 Å². The molecule has 0 saturated heterocycles. The highest BCUT2D eigenvalue weighted by Crippen LogP contribution is 2.37. The second-order valence-corrected chi connectivity index (χ2v) is 11.2. The Morgan fingerprint density at radius 1 is 0.860 bits per heavy atom. The number of methoxy groups -OCH3 is 1. The van der Waals surface area contributed by atoms with E-state index in [1.54, 1.807) is 23.5 Å². The first-order valence-electron chi connectivity index (χ1n) is 13.5. The summed E-state index contributed by atoms with van der Waals surface area (Å²) in [6.07, 6.45) is 0. The largest absolute Gasteiger partial charge is 0.495 e. The quantitative estimate of drug-likeness (QED) is 0.126. The first kappa shape index (κ1) is 29.7. The molecule has 0 fully saturated rings. The van der Waals surface area contributed by atoms with E-state index in [0.717, 1.165) is 27.5 Å². The van der Waals surface area contributed by atoms with Crippen molar-refractivity contribution in [1.29, 1.82) is 0 Å². The van der Waals surface area contributed by atoms with Crippen LogP contribution < -0.4 is 26.2 Å². The van der Waals surface area contributed by atoms with Crippen molar-refractivity contribution in [3.05, 3.63) is 131 Å². The van der Waals surface area contributed by atoms with E-state index in [1.807, 2.05) is 116 Å².